The van der Waals surface area contributed by atoms with Gasteiger partial charge in [0, 0.05) is 37.1 Å². The molecule has 2 rings (SSSR count). The Kier molecular flexibility index (Phi) is 7.67. The molecule has 0 aliphatic carbocycles. The van der Waals surface area contributed by atoms with Gasteiger partial charge < -0.3 is 15.0 Å². The molecule has 0 aliphatic rings. The van der Waals surface area contributed by atoms with Crippen molar-refractivity contribution in [1.82, 2.24) is 5.32 Å². The van der Waals surface area contributed by atoms with Crippen LogP contribution in [0.1, 0.15) is 35.7 Å². The SMILES string of the molecule is CCCCN(C)c1ccc(C(=O)NCc2ccc(NC(=O)OC)cc2)cc1. The maximum Gasteiger partial charge on any atom is 0.411 e. The van der Waals surface area contributed by atoms with Gasteiger partial charge in [-0.3, -0.25) is 10.1 Å². The van der Waals surface area contributed by atoms with Gasteiger partial charge in [-0.15, -0.1) is 0 Å². The highest BCUT2D eigenvalue weighted by molar-refractivity contribution is 5.94. The fourth-order valence-electron chi connectivity index (χ4n) is 2.55. The molecule has 0 radical (unpaired) electrons. The Bertz CT molecular complexity index is 742. The second kappa shape index (κ2) is 10.2. The molecule has 0 heterocycles. The van der Waals surface area contributed by atoms with Crippen molar-refractivity contribution in [3.05, 3.63) is 59.7 Å². The van der Waals surface area contributed by atoms with Crippen LogP contribution >= 0.6 is 0 Å². The van der Waals surface area contributed by atoms with E-state index in [2.05, 4.69) is 34.2 Å². The summed E-state index contributed by atoms with van der Waals surface area (Å²) in [6, 6.07) is 14.8. The molecule has 6 heteroatoms. The number of carbonyl (C=O) groups is 2. The Hall–Kier alpha value is -3.02. The lowest BCUT2D eigenvalue weighted by atomic mass is 10.1. The molecule has 6 nitrogen and oxygen atoms in total. The van der Waals surface area contributed by atoms with Gasteiger partial charge >= 0.3 is 6.09 Å². The number of ether oxygens (including phenoxy) is 1. The summed E-state index contributed by atoms with van der Waals surface area (Å²) in [5.41, 5.74) is 3.31. The highest BCUT2D eigenvalue weighted by Gasteiger charge is 2.07. The van der Waals surface area contributed by atoms with Gasteiger partial charge in [0.05, 0.1) is 7.11 Å². The minimum atomic E-state index is -0.514. The first kappa shape index (κ1) is 20.3. The number of methoxy groups -OCH3 is 1. The van der Waals surface area contributed by atoms with E-state index in [1.807, 2.05) is 36.4 Å². The third-order valence-electron chi connectivity index (χ3n) is 4.26. The van der Waals surface area contributed by atoms with Gasteiger partial charge in [-0.25, -0.2) is 4.79 Å². The minimum Gasteiger partial charge on any atom is -0.453 e. The summed E-state index contributed by atoms with van der Waals surface area (Å²) >= 11 is 0. The number of carbonyl (C=O) groups excluding carboxylic acids is 2. The van der Waals surface area contributed by atoms with Crippen LogP contribution in [-0.2, 0) is 11.3 Å². The highest BCUT2D eigenvalue weighted by atomic mass is 16.5. The van der Waals surface area contributed by atoms with Gasteiger partial charge in [0.15, 0.2) is 0 Å². The molecule has 0 bridgehead atoms. The molecule has 0 saturated carbocycles. The first-order valence-corrected chi connectivity index (χ1v) is 9.06. The van der Waals surface area contributed by atoms with E-state index >= 15 is 0 Å². The number of benzene rings is 2. The molecule has 0 atom stereocenters. The van der Waals surface area contributed by atoms with Crippen LogP contribution in [0.15, 0.2) is 48.5 Å². The Balaban J connectivity index is 1.87. The van der Waals surface area contributed by atoms with Crippen LogP contribution in [0.5, 0.6) is 0 Å². The number of hydrogen-bond donors (Lipinski definition) is 2. The van der Waals surface area contributed by atoms with Gasteiger partial charge in [-0.2, -0.15) is 0 Å². The standard InChI is InChI=1S/C21H27N3O3/c1-4-5-14-24(2)19-12-8-17(9-13-19)20(25)22-15-16-6-10-18(11-7-16)23-21(26)27-3/h6-13H,4-5,14-15H2,1-3H3,(H,22,25)(H,23,26). The monoisotopic (exact) mass is 369 g/mol. The lowest BCUT2D eigenvalue weighted by Gasteiger charge is -2.19. The molecular formula is C21H27N3O3. The summed E-state index contributed by atoms with van der Waals surface area (Å²) in [5, 5.41) is 5.49. The second-order valence-electron chi connectivity index (χ2n) is 6.32. The molecule has 2 aromatic rings. The van der Waals surface area contributed by atoms with Crippen molar-refractivity contribution in [2.45, 2.75) is 26.3 Å². The zero-order chi connectivity index (χ0) is 19.6. The highest BCUT2D eigenvalue weighted by Crippen LogP contribution is 2.15. The van der Waals surface area contributed by atoms with Gasteiger partial charge in [-0.05, 0) is 48.4 Å². The van der Waals surface area contributed by atoms with Crippen molar-refractivity contribution in [3.63, 3.8) is 0 Å². The van der Waals surface area contributed by atoms with E-state index in [4.69, 9.17) is 0 Å². The average molecular weight is 369 g/mol. The van der Waals surface area contributed by atoms with Crippen LogP contribution in [-0.4, -0.2) is 32.7 Å². The fourth-order valence-corrected chi connectivity index (χ4v) is 2.55. The summed E-state index contributed by atoms with van der Waals surface area (Å²) in [6.07, 6.45) is 1.79. The molecular weight excluding hydrogens is 342 g/mol. The topological polar surface area (TPSA) is 70.7 Å². The first-order valence-electron chi connectivity index (χ1n) is 9.06. The molecule has 0 aliphatic heterocycles. The zero-order valence-electron chi connectivity index (χ0n) is 16.1. The van der Waals surface area contributed by atoms with Crippen molar-refractivity contribution >= 4 is 23.4 Å². The van der Waals surface area contributed by atoms with E-state index < -0.39 is 6.09 Å². The average Bonchev–Trinajstić information content (AvgIpc) is 2.71. The third kappa shape index (κ3) is 6.33. The Morgan fingerprint density at radius 1 is 1.04 bits per heavy atom. The third-order valence-corrected chi connectivity index (χ3v) is 4.26. The first-order chi connectivity index (χ1) is 13.0. The molecule has 2 amide bonds. The summed E-state index contributed by atoms with van der Waals surface area (Å²) in [5.74, 6) is -0.116. The number of nitrogens with one attached hydrogen (secondary N) is 2. The number of rotatable bonds is 8. The maximum atomic E-state index is 12.3. The lowest BCUT2D eigenvalue weighted by Crippen LogP contribution is -2.23. The molecule has 0 fully saturated rings. The van der Waals surface area contributed by atoms with Crippen molar-refractivity contribution in [2.24, 2.45) is 0 Å². The Labute approximate surface area is 160 Å². The summed E-state index contributed by atoms with van der Waals surface area (Å²) in [4.78, 5) is 25.7. The van der Waals surface area contributed by atoms with Crippen molar-refractivity contribution < 1.29 is 14.3 Å². The van der Waals surface area contributed by atoms with Crippen LogP contribution in [0, 0.1) is 0 Å². The number of unbranched alkanes of at least 4 members (excludes halogenated alkanes) is 1. The van der Waals surface area contributed by atoms with Crippen LogP contribution in [0.25, 0.3) is 0 Å². The van der Waals surface area contributed by atoms with Crippen molar-refractivity contribution in [1.29, 1.82) is 0 Å². The van der Waals surface area contributed by atoms with Crippen LogP contribution < -0.4 is 15.5 Å². The maximum absolute atomic E-state index is 12.3. The predicted octanol–water partition coefficient (Wildman–Crippen LogP) is 4.03. The Morgan fingerprint density at radius 2 is 1.70 bits per heavy atom. The van der Waals surface area contributed by atoms with Crippen molar-refractivity contribution in [3.8, 4) is 0 Å². The summed E-state index contributed by atoms with van der Waals surface area (Å²) in [6.45, 7) is 3.59. The summed E-state index contributed by atoms with van der Waals surface area (Å²) in [7, 11) is 3.37. The van der Waals surface area contributed by atoms with E-state index in [9.17, 15) is 9.59 Å². The number of nitrogens with zero attached hydrogens (tertiary/aromatic N) is 1. The van der Waals surface area contributed by atoms with E-state index in [0.717, 1.165) is 30.6 Å². The van der Waals surface area contributed by atoms with E-state index in [1.54, 1.807) is 12.1 Å². The molecule has 0 aromatic heterocycles. The van der Waals surface area contributed by atoms with Crippen molar-refractivity contribution in [2.75, 3.05) is 30.9 Å². The Morgan fingerprint density at radius 3 is 2.30 bits per heavy atom. The van der Waals surface area contributed by atoms with E-state index in [0.29, 0.717) is 17.8 Å². The number of anilines is 2. The number of hydrogen-bond acceptors (Lipinski definition) is 4. The molecule has 27 heavy (non-hydrogen) atoms. The van der Waals surface area contributed by atoms with Crippen LogP contribution in [0.2, 0.25) is 0 Å². The molecule has 144 valence electrons. The van der Waals surface area contributed by atoms with Gasteiger partial charge in [0.1, 0.15) is 0 Å². The molecule has 0 saturated heterocycles. The van der Waals surface area contributed by atoms with E-state index in [1.165, 1.54) is 7.11 Å². The molecule has 0 spiro atoms. The summed E-state index contributed by atoms with van der Waals surface area (Å²) < 4.78 is 4.54. The zero-order valence-corrected chi connectivity index (χ0v) is 16.1. The smallest absolute Gasteiger partial charge is 0.411 e. The minimum absolute atomic E-state index is 0.116. The molecule has 0 unspecified atom stereocenters. The quantitative estimate of drug-likeness (QED) is 0.737. The van der Waals surface area contributed by atoms with Gasteiger partial charge in [-0.1, -0.05) is 25.5 Å². The second-order valence-corrected chi connectivity index (χ2v) is 6.32. The predicted molar refractivity (Wildman–Crippen MR) is 108 cm³/mol. The largest absolute Gasteiger partial charge is 0.453 e. The molecule has 2 N–H and O–H groups in total. The van der Waals surface area contributed by atoms with Gasteiger partial charge in [0.25, 0.3) is 5.91 Å². The fraction of sp³-hybridized carbons (Fsp3) is 0.333. The lowest BCUT2D eigenvalue weighted by molar-refractivity contribution is 0.0951. The molecule has 2 aromatic carbocycles. The van der Waals surface area contributed by atoms with Gasteiger partial charge in [0.2, 0.25) is 0 Å². The number of amides is 2. The van der Waals surface area contributed by atoms with E-state index in [-0.39, 0.29) is 5.91 Å². The normalized spacial score (nSPS) is 10.2. The van der Waals surface area contributed by atoms with Crippen LogP contribution in [0.3, 0.4) is 0 Å². The van der Waals surface area contributed by atoms with Crippen LogP contribution in [0.4, 0.5) is 16.2 Å².